The first-order chi connectivity index (χ1) is 23.7. The van der Waals surface area contributed by atoms with Crippen molar-refractivity contribution >= 4 is 12.2 Å². The Hall–Kier alpha value is -1.79. The number of aliphatic hydroxyl groups excluding tert-OH is 1. The summed E-state index contributed by atoms with van der Waals surface area (Å²) in [6.07, 6.45) is 0.823. The van der Waals surface area contributed by atoms with E-state index in [1.165, 1.54) is 4.90 Å². The van der Waals surface area contributed by atoms with Crippen LogP contribution in [0.4, 0.5) is 22.8 Å². The molecule has 0 aromatic rings. The van der Waals surface area contributed by atoms with Crippen molar-refractivity contribution in [1.29, 1.82) is 0 Å². The van der Waals surface area contributed by atoms with Crippen LogP contribution in [-0.4, -0.2) is 91.1 Å². The van der Waals surface area contributed by atoms with Gasteiger partial charge in [0.25, 0.3) is 0 Å². The minimum absolute atomic E-state index is 0.0681. The number of alkyl halides is 3. The van der Waals surface area contributed by atoms with E-state index < -0.39 is 37.1 Å². The lowest BCUT2D eigenvalue weighted by Gasteiger charge is -2.63. The smallest absolute Gasteiger partial charge is 0.407 e. The van der Waals surface area contributed by atoms with Crippen LogP contribution in [0.3, 0.4) is 0 Å². The zero-order chi connectivity index (χ0) is 37.1. The molecule has 0 bridgehead atoms. The molecule has 0 aromatic carbocycles. The van der Waals surface area contributed by atoms with Gasteiger partial charge in [-0.3, -0.25) is 4.90 Å². The highest BCUT2D eigenvalue weighted by Gasteiger charge is 2.84. The van der Waals surface area contributed by atoms with Gasteiger partial charge in [0.05, 0.1) is 30.9 Å². The third kappa shape index (κ3) is 5.55. The van der Waals surface area contributed by atoms with Gasteiger partial charge >= 0.3 is 18.4 Å². The minimum Gasteiger partial charge on any atom is -0.446 e. The number of likely N-dealkylation sites (tertiary alicyclic amines) is 1. The Morgan fingerprint density at radius 1 is 1.00 bits per heavy atom. The van der Waals surface area contributed by atoms with E-state index in [-0.39, 0.29) is 76.4 Å². The van der Waals surface area contributed by atoms with Crippen LogP contribution in [-0.2, 0) is 14.2 Å². The van der Waals surface area contributed by atoms with Crippen molar-refractivity contribution in [3.8, 4) is 0 Å². The third-order valence-corrected chi connectivity index (χ3v) is 16.3. The van der Waals surface area contributed by atoms with Crippen LogP contribution in [0, 0.1) is 56.7 Å². The molecule has 5 aliphatic carbocycles. The van der Waals surface area contributed by atoms with Crippen molar-refractivity contribution in [2.24, 2.45) is 56.7 Å². The molecule has 51 heavy (non-hydrogen) atoms. The number of carbonyl (C=O) groups excluding carboxylic acids is 2. The van der Waals surface area contributed by atoms with E-state index in [4.69, 9.17) is 14.2 Å². The molecule has 0 radical (unpaired) electrons. The van der Waals surface area contributed by atoms with Gasteiger partial charge < -0.3 is 30.0 Å². The molecule has 7 fully saturated rings. The van der Waals surface area contributed by atoms with Gasteiger partial charge in [-0.15, -0.1) is 0 Å². The number of nitrogens with zero attached hydrogens (tertiary/aromatic N) is 1. The van der Waals surface area contributed by atoms with E-state index in [0.717, 1.165) is 51.4 Å². The molecule has 9 nitrogen and oxygen atoms in total. The lowest BCUT2D eigenvalue weighted by molar-refractivity contribution is -0.184. The van der Waals surface area contributed by atoms with Crippen molar-refractivity contribution in [3.63, 3.8) is 0 Å². The molecule has 2 heterocycles. The highest BCUT2D eigenvalue weighted by Crippen LogP contribution is 2.89. The fourth-order valence-electron chi connectivity index (χ4n) is 14.1. The first kappa shape index (κ1) is 37.5. The van der Waals surface area contributed by atoms with Gasteiger partial charge in [0.15, 0.2) is 0 Å². The fourth-order valence-corrected chi connectivity index (χ4v) is 14.1. The highest BCUT2D eigenvalue weighted by molar-refractivity contribution is 5.68. The Morgan fingerprint density at radius 2 is 1.67 bits per heavy atom. The maximum atomic E-state index is 13.0. The molecular formula is C39H62F3N3O6. The van der Waals surface area contributed by atoms with Crippen LogP contribution in [0.5, 0.6) is 0 Å². The number of aliphatic hydroxyl groups is 1. The summed E-state index contributed by atoms with van der Waals surface area (Å²) in [5.74, 6) is 1.32. The van der Waals surface area contributed by atoms with E-state index >= 15 is 0 Å². The summed E-state index contributed by atoms with van der Waals surface area (Å²) in [6, 6.07) is -0.329. The first-order valence-corrected chi connectivity index (χ1v) is 19.8. The normalized spacial score (nSPS) is 46.3. The van der Waals surface area contributed by atoms with Crippen LogP contribution >= 0.6 is 0 Å². The number of nitrogens with one attached hydrogen (secondary N) is 2. The molecule has 7 aliphatic rings. The second-order valence-corrected chi connectivity index (χ2v) is 19.2. The molecule has 2 spiro atoms. The van der Waals surface area contributed by atoms with Gasteiger partial charge in [-0.1, -0.05) is 48.5 Å². The number of fused-ring (bicyclic) bond motifs is 4. The van der Waals surface area contributed by atoms with Gasteiger partial charge in [-0.25, -0.2) is 9.59 Å². The fraction of sp³-hybridized carbons (Fsp3) is 0.949. The second-order valence-electron chi connectivity index (χ2n) is 19.2. The molecule has 3 unspecified atom stereocenters. The van der Waals surface area contributed by atoms with Crippen LogP contribution in [0.25, 0.3) is 0 Å². The van der Waals surface area contributed by atoms with Crippen LogP contribution < -0.4 is 10.6 Å². The van der Waals surface area contributed by atoms with Crippen molar-refractivity contribution in [1.82, 2.24) is 15.5 Å². The number of rotatable bonds is 7. The summed E-state index contributed by atoms with van der Waals surface area (Å²) < 4.78 is 57.1. The molecule has 7 rings (SSSR count). The second kappa shape index (κ2) is 12.4. The summed E-state index contributed by atoms with van der Waals surface area (Å²) >= 11 is 0. The molecule has 3 N–H and O–H groups in total. The number of alkyl carbamates (subject to hydrolysis) is 2. The maximum absolute atomic E-state index is 13.0. The van der Waals surface area contributed by atoms with Gasteiger partial charge in [0.1, 0.15) is 12.2 Å². The summed E-state index contributed by atoms with van der Waals surface area (Å²) in [6.45, 7) is 17.5. The Balaban J connectivity index is 1.05. The van der Waals surface area contributed by atoms with Crippen LogP contribution in [0.2, 0.25) is 0 Å². The number of hydrogen-bond acceptors (Lipinski definition) is 7. The Kier molecular flexibility index (Phi) is 9.10. The maximum Gasteiger partial charge on any atom is 0.407 e. The lowest BCUT2D eigenvalue weighted by Crippen LogP contribution is -2.62. The number of carbonyl (C=O) groups is 2. The third-order valence-electron chi connectivity index (χ3n) is 16.3. The van der Waals surface area contributed by atoms with E-state index in [9.17, 15) is 27.9 Å². The Labute approximate surface area is 301 Å². The van der Waals surface area contributed by atoms with Crippen molar-refractivity contribution < 1.29 is 42.1 Å². The molecular weight excluding hydrogens is 663 g/mol. The van der Waals surface area contributed by atoms with E-state index in [0.29, 0.717) is 24.3 Å². The zero-order valence-electron chi connectivity index (χ0n) is 31.9. The average molecular weight is 726 g/mol. The average Bonchev–Trinajstić information content (AvgIpc) is 3.64. The number of amides is 2. The predicted octanol–water partition coefficient (Wildman–Crippen LogP) is 6.91. The van der Waals surface area contributed by atoms with Gasteiger partial charge in [-0.05, 0) is 104 Å². The Bertz CT molecular complexity index is 1370. The molecule has 2 amide bonds. The standard InChI is InChI=1S/C39H62F3N3O6/c1-9-43-32(47)51-29(21(2)3)24-16-22(4)28-30(49-24)31(46)36(8)26-11-10-25-34(5,6)27(12-13-37(25)19-38(26,37)15-14-35(28,36)7)50-33(48)44-23-17-45(18-23)20-39(40,41)42/h21-31,46H,9-20H2,1-8H3,(H,43,47)(H,44,48)/t22-,24?,25+,26?,27+,28+,29-,30?,31+,35-,36-,37-,38+/m1/s1. The Morgan fingerprint density at radius 3 is 2.31 bits per heavy atom. The number of hydrogen-bond donors (Lipinski definition) is 3. The number of ether oxygens (including phenoxy) is 3. The largest absolute Gasteiger partial charge is 0.446 e. The van der Waals surface area contributed by atoms with E-state index in [1.54, 1.807) is 0 Å². The summed E-state index contributed by atoms with van der Waals surface area (Å²) in [5, 5.41) is 18.2. The van der Waals surface area contributed by atoms with E-state index in [2.05, 4.69) is 59.1 Å². The molecule has 0 aromatic heterocycles. The highest BCUT2D eigenvalue weighted by atomic mass is 19.4. The number of halogens is 3. The van der Waals surface area contributed by atoms with E-state index in [1.807, 2.05) is 6.92 Å². The summed E-state index contributed by atoms with van der Waals surface area (Å²) in [5.41, 5.74) is -0.380. The molecule has 13 atom stereocenters. The minimum atomic E-state index is -4.24. The quantitative estimate of drug-likeness (QED) is 0.262. The lowest BCUT2D eigenvalue weighted by atomic mass is 9.41. The van der Waals surface area contributed by atoms with Crippen LogP contribution in [0.1, 0.15) is 107 Å². The molecule has 2 saturated heterocycles. The van der Waals surface area contributed by atoms with Crippen molar-refractivity contribution in [2.45, 2.75) is 149 Å². The molecule has 290 valence electrons. The molecule has 12 heteroatoms. The molecule has 2 aliphatic heterocycles. The predicted molar refractivity (Wildman–Crippen MR) is 185 cm³/mol. The summed E-state index contributed by atoms with van der Waals surface area (Å²) in [7, 11) is 0. The summed E-state index contributed by atoms with van der Waals surface area (Å²) in [4.78, 5) is 26.8. The van der Waals surface area contributed by atoms with Gasteiger partial charge in [0, 0.05) is 30.5 Å². The SMILES string of the molecule is CCNC(=O)O[C@H](C(C)C)C1C[C@@H](C)[C@H]2C(O1)[C@H](O)[C@@]1(C)C3CC[C@H]4C(C)(C)[C@@H](OC(=O)NC5CN(CC(F)(F)F)C5)CC[C@@]45C[C@@]35CC[C@]21C. The molecule has 5 saturated carbocycles. The van der Waals surface area contributed by atoms with Crippen molar-refractivity contribution in [3.05, 3.63) is 0 Å². The first-order valence-electron chi connectivity index (χ1n) is 19.8. The van der Waals surface area contributed by atoms with Crippen LogP contribution in [0.15, 0.2) is 0 Å². The van der Waals surface area contributed by atoms with Gasteiger partial charge in [0.2, 0.25) is 0 Å². The van der Waals surface area contributed by atoms with Gasteiger partial charge in [-0.2, -0.15) is 13.2 Å². The monoisotopic (exact) mass is 725 g/mol. The topological polar surface area (TPSA) is 109 Å². The zero-order valence-corrected chi connectivity index (χ0v) is 31.9. The van der Waals surface area contributed by atoms with Crippen molar-refractivity contribution in [2.75, 3.05) is 26.2 Å².